The summed E-state index contributed by atoms with van der Waals surface area (Å²) in [5.74, 6) is 0.788. The van der Waals surface area contributed by atoms with Crippen molar-refractivity contribution in [1.29, 1.82) is 0 Å². The Bertz CT molecular complexity index is 282. The first-order valence-electron chi connectivity index (χ1n) is 7.39. The van der Waals surface area contributed by atoms with Crippen molar-refractivity contribution in [2.75, 3.05) is 0 Å². The van der Waals surface area contributed by atoms with Crippen molar-refractivity contribution in [3.63, 3.8) is 0 Å². The van der Waals surface area contributed by atoms with Crippen LogP contribution in [-0.2, 0) is 13.1 Å². The van der Waals surface area contributed by atoms with E-state index in [9.17, 15) is 0 Å². The molecule has 0 aromatic heterocycles. The molecule has 6 heteroatoms. The van der Waals surface area contributed by atoms with E-state index in [1.165, 1.54) is 32.1 Å². The van der Waals surface area contributed by atoms with Crippen LogP contribution >= 0.6 is 20.2 Å². The SMILES string of the molecule is CC1CC(C)NC(/N=C/C2CCCC(C)[N-]2)C1.[Cl][Fe+][Cl]. The minimum atomic E-state index is 0.194. The average Bonchev–Trinajstić information content (AvgIpc) is 2.36. The normalized spacial score (nSPS) is 38.4. The van der Waals surface area contributed by atoms with Gasteiger partial charge in [0.25, 0.3) is 0 Å². The molecule has 5 atom stereocenters. The zero-order valence-electron chi connectivity index (χ0n) is 12.5. The van der Waals surface area contributed by atoms with E-state index < -0.39 is 0 Å². The number of rotatable bonds is 2. The summed E-state index contributed by atoms with van der Waals surface area (Å²) in [7, 11) is 9.53. The first-order valence-corrected chi connectivity index (χ1v) is 10.4. The Balaban J connectivity index is 0.000000612. The summed E-state index contributed by atoms with van der Waals surface area (Å²) in [5.41, 5.74) is 0. The van der Waals surface area contributed by atoms with Crippen LogP contribution in [0.25, 0.3) is 5.32 Å². The van der Waals surface area contributed by atoms with Gasteiger partial charge in [-0.3, -0.25) is 10.3 Å². The molecule has 3 nitrogen and oxygen atoms in total. The van der Waals surface area contributed by atoms with E-state index in [1.54, 1.807) is 0 Å². The van der Waals surface area contributed by atoms with Crippen molar-refractivity contribution in [1.82, 2.24) is 5.32 Å². The van der Waals surface area contributed by atoms with E-state index in [1.807, 2.05) is 0 Å². The van der Waals surface area contributed by atoms with Crippen molar-refractivity contribution in [3.05, 3.63) is 5.32 Å². The van der Waals surface area contributed by atoms with Gasteiger partial charge in [0.15, 0.2) is 0 Å². The molecule has 20 heavy (non-hydrogen) atoms. The standard InChI is InChI=1S/C14H26N3.2ClH.Fe/c1-10-7-12(3)17-14(8-10)15-9-13-6-4-5-11(2)16-13;;;/h9-14,17H,4-8H2,1-3H3;2*1H;/q-1;;;+3/p-2/b15-9+;;;. The Morgan fingerprint density at radius 2 is 1.90 bits per heavy atom. The number of halogens is 2. The summed E-state index contributed by atoms with van der Waals surface area (Å²) in [6.07, 6.45) is 8.59. The number of nitrogens with zero attached hydrogens (tertiary/aromatic N) is 2. The molecule has 5 unspecified atom stereocenters. The van der Waals surface area contributed by atoms with E-state index >= 15 is 0 Å². The fourth-order valence-corrected chi connectivity index (χ4v) is 3.06. The van der Waals surface area contributed by atoms with Crippen LogP contribution in [0, 0.1) is 5.92 Å². The summed E-state index contributed by atoms with van der Waals surface area (Å²) in [6.45, 7) is 6.79. The molecular weight excluding hydrogens is 337 g/mol. The van der Waals surface area contributed by atoms with Gasteiger partial charge < -0.3 is 5.32 Å². The number of aliphatic imine (C=N–C) groups is 1. The van der Waals surface area contributed by atoms with Crippen LogP contribution in [0.2, 0.25) is 0 Å². The van der Waals surface area contributed by atoms with Gasteiger partial charge in [-0.05, 0) is 31.9 Å². The number of hydrogen-bond acceptors (Lipinski definition) is 2. The third-order valence-electron chi connectivity index (χ3n) is 3.86. The van der Waals surface area contributed by atoms with Crippen molar-refractivity contribution >= 4 is 26.4 Å². The molecule has 1 N–H and O–H groups in total. The minimum absolute atomic E-state index is 0.194. The molecule has 2 fully saturated rings. The van der Waals surface area contributed by atoms with E-state index in [2.05, 4.69) is 32.3 Å². The van der Waals surface area contributed by atoms with Gasteiger partial charge >= 0.3 is 33.3 Å². The van der Waals surface area contributed by atoms with Crippen LogP contribution in [0.1, 0.15) is 52.9 Å². The molecule has 0 amide bonds. The molecule has 2 aliphatic heterocycles. The maximum absolute atomic E-state index is 4.76. The van der Waals surface area contributed by atoms with Crippen molar-refractivity contribution < 1.29 is 13.1 Å². The first-order chi connectivity index (χ1) is 9.55. The molecular formula is C14H26Cl2FeN3. The molecule has 2 heterocycles. The van der Waals surface area contributed by atoms with Crippen LogP contribution in [0.15, 0.2) is 4.99 Å². The third-order valence-corrected chi connectivity index (χ3v) is 3.86. The zero-order valence-corrected chi connectivity index (χ0v) is 15.1. The predicted molar refractivity (Wildman–Crippen MR) is 85.4 cm³/mol. The molecule has 0 saturated carbocycles. The Labute approximate surface area is 138 Å². The van der Waals surface area contributed by atoms with Gasteiger partial charge in [-0.2, -0.15) is 0 Å². The van der Waals surface area contributed by atoms with Crippen molar-refractivity contribution in [3.8, 4) is 0 Å². The third kappa shape index (κ3) is 7.63. The molecule has 0 bridgehead atoms. The topological polar surface area (TPSA) is 38.5 Å². The van der Waals surface area contributed by atoms with Crippen LogP contribution < -0.4 is 5.32 Å². The van der Waals surface area contributed by atoms with E-state index in [-0.39, 0.29) is 13.1 Å². The Morgan fingerprint density at radius 1 is 1.20 bits per heavy atom. The summed E-state index contributed by atoms with van der Waals surface area (Å²) in [6, 6.07) is 1.49. The van der Waals surface area contributed by atoms with Crippen LogP contribution in [0.4, 0.5) is 0 Å². The van der Waals surface area contributed by atoms with Crippen LogP contribution in [0.3, 0.4) is 0 Å². The molecule has 119 valence electrons. The van der Waals surface area contributed by atoms with Gasteiger partial charge in [0.1, 0.15) is 0 Å². The molecule has 0 radical (unpaired) electrons. The number of piperidine rings is 2. The van der Waals surface area contributed by atoms with E-state index in [4.69, 9.17) is 30.5 Å². The van der Waals surface area contributed by atoms with Gasteiger partial charge in [-0.25, -0.2) is 0 Å². The van der Waals surface area contributed by atoms with Gasteiger partial charge in [-0.1, -0.05) is 39.2 Å². The zero-order chi connectivity index (χ0) is 15.0. The molecule has 0 aliphatic carbocycles. The number of nitrogens with one attached hydrogen (secondary N) is 1. The summed E-state index contributed by atoms with van der Waals surface area (Å²) >= 11 is 0.194. The summed E-state index contributed by atoms with van der Waals surface area (Å²) in [4.78, 5) is 4.71. The van der Waals surface area contributed by atoms with Gasteiger partial charge in [-0.15, -0.1) is 6.04 Å². The Hall–Kier alpha value is 0.689. The second kappa shape index (κ2) is 10.4. The molecule has 2 saturated heterocycles. The van der Waals surface area contributed by atoms with Gasteiger partial charge in [0.2, 0.25) is 0 Å². The maximum atomic E-state index is 4.76. The van der Waals surface area contributed by atoms with Crippen molar-refractivity contribution in [2.24, 2.45) is 10.9 Å². The Kier molecular flexibility index (Phi) is 9.76. The molecule has 2 rings (SSSR count). The van der Waals surface area contributed by atoms with Crippen LogP contribution in [0.5, 0.6) is 0 Å². The quantitative estimate of drug-likeness (QED) is 0.570. The summed E-state index contributed by atoms with van der Waals surface area (Å²) < 4.78 is 0. The molecule has 0 aromatic rings. The molecule has 0 aromatic carbocycles. The predicted octanol–water partition coefficient (Wildman–Crippen LogP) is 4.48. The van der Waals surface area contributed by atoms with Gasteiger partial charge in [0, 0.05) is 6.04 Å². The van der Waals surface area contributed by atoms with E-state index in [0.29, 0.717) is 24.3 Å². The van der Waals surface area contributed by atoms with E-state index in [0.717, 1.165) is 5.92 Å². The summed E-state index contributed by atoms with van der Waals surface area (Å²) in [5, 5.41) is 8.29. The fourth-order valence-electron chi connectivity index (χ4n) is 3.06. The van der Waals surface area contributed by atoms with Crippen LogP contribution in [-0.4, -0.2) is 30.5 Å². The Morgan fingerprint density at radius 3 is 2.50 bits per heavy atom. The molecule has 2 aliphatic rings. The number of hydrogen-bond donors (Lipinski definition) is 1. The first kappa shape index (κ1) is 18.7. The second-order valence-electron chi connectivity index (χ2n) is 6.01. The molecule has 0 spiro atoms. The monoisotopic (exact) mass is 362 g/mol. The average molecular weight is 363 g/mol. The second-order valence-corrected chi connectivity index (χ2v) is 7.83. The fraction of sp³-hybridized carbons (Fsp3) is 0.929. The van der Waals surface area contributed by atoms with Crippen molar-refractivity contribution in [2.45, 2.75) is 77.2 Å². The van der Waals surface area contributed by atoms with Gasteiger partial charge in [0.05, 0.1) is 6.17 Å².